The molecule has 7 nitrogen and oxygen atoms in total. The Morgan fingerprint density at radius 3 is 2.70 bits per heavy atom. The zero-order chi connectivity index (χ0) is 15.3. The highest BCUT2D eigenvalue weighted by molar-refractivity contribution is 7.80. The first-order valence-corrected chi connectivity index (χ1v) is 6.00. The predicted molar refractivity (Wildman–Crippen MR) is 74.0 cm³/mol. The minimum absolute atomic E-state index is 0.0603. The van der Waals surface area contributed by atoms with Crippen LogP contribution in [0.5, 0.6) is 11.5 Å². The van der Waals surface area contributed by atoms with E-state index in [1.54, 1.807) is 0 Å². The number of carbonyl (C=O) groups is 2. The van der Waals surface area contributed by atoms with Crippen LogP contribution in [-0.4, -0.2) is 40.0 Å². The van der Waals surface area contributed by atoms with Crippen molar-refractivity contribution in [1.82, 2.24) is 4.98 Å². The summed E-state index contributed by atoms with van der Waals surface area (Å²) in [4.78, 5) is 26.0. The first-order valence-electron chi connectivity index (χ1n) is 5.59. The molecule has 0 fully saturated rings. The van der Waals surface area contributed by atoms with Gasteiger partial charge < -0.3 is 20.3 Å². The van der Waals surface area contributed by atoms with Crippen LogP contribution in [-0.2, 0) is 9.59 Å². The summed E-state index contributed by atoms with van der Waals surface area (Å²) in [5.41, 5.74) is 5.60. The van der Waals surface area contributed by atoms with Gasteiger partial charge in [-0.1, -0.05) is 12.2 Å². The Labute approximate surface area is 120 Å². The van der Waals surface area contributed by atoms with E-state index in [1.807, 2.05) is 0 Å². The van der Waals surface area contributed by atoms with Crippen LogP contribution in [0.3, 0.4) is 0 Å². The summed E-state index contributed by atoms with van der Waals surface area (Å²) in [6.07, 6.45) is 1.32. The average Bonchev–Trinajstić information content (AvgIpc) is 2.37. The molecule has 1 aromatic heterocycles. The highest BCUT2D eigenvalue weighted by atomic mass is 32.1. The molecule has 20 heavy (non-hydrogen) atoms. The molecule has 0 unspecified atom stereocenters. The predicted octanol–water partition coefficient (Wildman–Crippen LogP) is 0.536. The molecule has 108 valence electrons. The molecule has 0 saturated carbocycles. The number of carboxylic acids is 1. The molecule has 1 rings (SSSR count). The van der Waals surface area contributed by atoms with E-state index in [1.165, 1.54) is 26.3 Å². The van der Waals surface area contributed by atoms with Crippen LogP contribution in [0, 0.1) is 0 Å². The second-order valence-electron chi connectivity index (χ2n) is 3.86. The zero-order valence-electron chi connectivity index (χ0n) is 11.0. The summed E-state index contributed by atoms with van der Waals surface area (Å²) < 4.78 is 10.1. The van der Waals surface area contributed by atoms with E-state index in [0.29, 0.717) is 0 Å². The summed E-state index contributed by atoms with van der Waals surface area (Å²) in [6.45, 7) is 1.22. The fraction of sp³-hybridized carbons (Fsp3) is 0.333. The van der Waals surface area contributed by atoms with E-state index in [9.17, 15) is 9.59 Å². The number of hydrogen-bond acceptors (Lipinski definition) is 7. The van der Waals surface area contributed by atoms with E-state index in [-0.39, 0.29) is 28.5 Å². The van der Waals surface area contributed by atoms with Crippen LogP contribution >= 0.6 is 12.2 Å². The highest BCUT2D eigenvalue weighted by Crippen LogP contribution is 2.30. The Morgan fingerprint density at radius 1 is 1.55 bits per heavy atom. The number of thiocarbonyl (C=S) groups is 1. The Morgan fingerprint density at radius 2 is 2.20 bits per heavy atom. The van der Waals surface area contributed by atoms with Crippen molar-refractivity contribution in [3.63, 3.8) is 0 Å². The Bertz CT molecular complexity index is 547. The lowest BCUT2D eigenvalue weighted by Gasteiger charge is -2.13. The van der Waals surface area contributed by atoms with Gasteiger partial charge >= 0.3 is 11.9 Å². The molecule has 0 radical (unpaired) electrons. The monoisotopic (exact) mass is 298 g/mol. The lowest BCUT2D eigenvalue weighted by atomic mass is 10.1. The maximum atomic E-state index is 11.1. The van der Waals surface area contributed by atoms with Crippen molar-refractivity contribution >= 4 is 29.0 Å². The second kappa shape index (κ2) is 6.92. The van der Waals surface area contributed by atoms with Crippen LogP contribution in [0.15, 0.2) is 12.3 Å². The van der Waals surface area contributed by atoms with E-state index in [2.05, 4.69) is 4.98 Å². The number of carboxylic acid groups (broad SMARTS) is 1. The largest absolute Gasteiger partial charge is 0.493 e. The number of nitrogens with two attached hydrogens (primary N) is 1. The minimum Gasteiger partial charge on any atom is -0.493 e. The van der Waals surface area contributed by atoms with Gasteiger partial charge in [-0.15, -0.1) is 0 Å². The number of methoxy groups -OCH3 is 1. The number of esters is 1. The van der Waals surface area contributed by atoms with Gasteiger partial charge in [-0.05, 0) is 0 Å². The Hall–Kier alpha value is -2.06. The third-order valence-electron chi connectivity index (χ3n) is 2.32. The van der Waals surface area contributed by atoms with Crippen molar-refractivity contribution in [2.75, 3.05) is 7.11 Å². The Balaban J connectivity index is 3.13. The third kappa shape index (κ3) is 3.97. The molecular weight excluding hydrogens is 284 g/mol. The number of ether oxygens (including phenoxy) is 2. The molecule has 0 saturated heterocycles. The standard InChI is InChI=1S/C12H14N2O5S/c1-6(15)19-11-8(18-2)3-4-14-10(11)9(20)5-7(13)12(16)17/h3-4,7H,5,13H2,1-2H3,(H,16,17)/t7-/m0/s1. The molecule has 0 aliphatic carbocycles. The van der Waals surface area contributed by atoms with Gasteiger partial charge in [0.25, 0.3) is 0 Å². The summed E-state index contributed by atoms with van der Waals surface area (Å²) in [5.74, 6) is -1.41. The molecule has 0 aliphatic heterocycles. The van der Waals surface area contributed by atoms with Gasteiger partial charge in [-0.3, -0.25) is 14.6 Å². The molecular formula is C12H14N2O5S. The molecule has 1 heterocycles. The number of carbonyl (C=O) groups excluding carboxylic acids is 1. The molecule has 0 amide bonds. The summed E-state index contributed by atoms with van der Waals surface area (Å²) in [6, 6.07) is 0.349. The number of hydrogen-bond donors (Lipinski definition) is 2. The first-order chi connectivity index (χ1) is 9.36. The zero-order valence-corrected chi connectivity index (χ0v) is 11.8. The van der Waals surface area contributed by atoms with E-state index in [0.717, 1.165) is 0 Å². The highest BCUT2D eigenvalue weighted by Gasteiger charge is 2.21. The number of aliphatic carboxylic acids is 1. The van der Waals surface area contributed by atoms with Gasteiger partial charge in [0.15, 0.2) is 11.5 Å². The van der Waals surface area contributed by atoms with Gasteiger partial charge in [0.1, 0.15) is 11.7 Å². The van der Waals surface area contributed by atoms with Gasteiger partial charge in [0, 0.05) is 30.5 Å². The first kappa shape index (κ1) is 16.0. The molecule has 8 heteroatoms. The quantitative estimate of drug-likeness (QED) is 0.444. The fourth-order valence-electron chi connectivity index (χ4n) is 1.42. The van der Waals surface area contributed by atoms with Crippen molar-refractivity contribution in [3.05, 3.63) is 18.0 Å². The average molecular weight is 298 g/mol. The van der Waals surface area contributed by atoms with Crippen molar-refractivity contribution in [3.8, 4) is 11.5 Å². The lowest BCUT2D eigenvalue weighted by Crippen LogP contribution is -2.32. The number of pyridine rings is 1. The second-order valence-corrected chi connectivity index (χ2v) is 4.35. The fourth-order valence-corrected chi connectivity index (χ4v) is 1.74. The van der Waals surface area contributed by atoms with Gasteiger partial charge in [0.2, 0.25) is 0 Å². The van der Waals surface area contributed by atoms with E-state index >= 15 is 0 Å². The molecule has 0 aliphatic rings. The molecule has 1 atom stereocenters. The Kier molecular flexibility index (Phi) is 5.53. The minimum atomic E-state index is -1.18. The van der Waals surface area contributed by atoms with Crippen LogP contribution in [0.2, 0.25) is 0 Å². The third-order valence-corrected chi connectivity index (χ3v) is 2.68. The SMILES string of the molecule is COc1ccnc(C(=S)C[C@H](N)C(=O)O)c1OC(C)=O. The number of aromatic nitrogens is 1. The van der Waals surface area contributed by atoms with Crippen molar-refractivity contribution in [1.29, 1.82) is 0 Å². The smallest absolute Gasteiger partial charge is 0.320 e. The normalized spacial score (nSPS) is 11.6. The van der Waals surface area contributed by atoms with Crippen LogP contribution < -0.4 is 15.2 Å². The van der Waals surface area contributed by atoms with Crippen molar-refractivity contribution < 1.29 is 24.2 Å². The van der Waals surface area contributed by atoms with Crippen LogP contribution in [0.4, 0.5) is 0 Å². The van der Waals surface area contributed by atoms with Gasteiger partial charge in [0.05, 0.1) is 7.11 Å². The van der Waals surface area contributed by atoms with Crippen molar-refractivity contribution in [2.24, 2.45) is 5.73 Å². The van der Waals surface area contributed by atoms with Crippen LogP contribution in [0.1, 0.15) is 19.0 Å². The van der Waals surface area contributed by atoms with E-state index in [4.69, 9.17) is 32.5 Å². The van der Waals surface area contributed by atoms with Gasteiger partial charge in [-0.2, -0.15) is 0 Å². The molecule has 3 N–H and O–H groups in total. The summed E-state index contributed by atoms with van der Waals surface area (Å²) in [5, 5.41) is 8.78. The molecule has 1 aromatic rings. The maximum Gasteiger partial charge on any atom is 0.320 e. The maximum absolute atomic E-state index is 11.1. The van der Waals surface area contributed by atoms with Crippen LogP contribution in [0.25, 0.3) is 0 Å². The summed E-state index contributed by atoms with van der Waals surface area (Å²) >= 11 is 5.11. The topological polar surface area (TPSA) is 112 Å². The molecule has 0 aromatic carbocycles. The van der Waals surface area contributed by atoms with Crippen molar-refractivity contribution in [2.45, 2.75) is 19.4 Å². The lowest BCUT2D eigenvalue weighted by molar-refractivity contribution is -0.138. The molecule has 0 bridgehead atoms. The summed E-state index contributed by atoms with van der Waals surface area (Å²) in [7, 11) is 1.40. The number of rotatable bonds is 6. The number of nitrogens with zero attached hydrogens (tertiary/aromatic N) is 1. The molecule has 0 spiro atoms. The van der Waals surface area contributed by atoms with Gasteiger partial charge in [-0.25, -0.2) is 0 Å². The van der Waals surface area contributed by atoms with E-state index < -0.39 is 18.0 Å².